The van der Waals surface area contributed by atoms with Gasteiger partial charge in [-0.25, -0.2) is 0 Å². The Kier molecular flexibility index (Phi) is 6.71. The molecule has 0 aliphatic carbocycles. The number of hydrogen-bond acceptors (Lipinski definition) is 2. The Morgan fingerprint density at radius 2 is 1.04 bits per heavy atom. The summed E-state index contributed by atoms with van der Waals surface area (Å²) in [6, 6.07) is 31.6. The summed E-state index contributed by atoms with van der Waals surface area (Å²) in [7, 11) is -1.81. The molecule has 0 spiro atoms. The first kappa shape index (κ1) is 17.3. The van der Waals surface area contributed by atoms with Crippen molar-refractivity contribution in [3.8, 4) is 11.5 Å². The zero-order valence-electron chi connectivity index (χ0n) is 14.4. The molecule has 128 valence electrons. The van der Waals surface area contributed by atoms with E-state index in [1.165, 1.54) is 5.56 Å². The minimum Gasteiger partial charge on any atom is -0.514 e. The minimum atomic E-state index is -1.81. The molecule has 0 aromatic heterocycles. The first-order chi connectivity index (χ1) is 12.4. The monoisotopic (exact) mass is 348 g/mol. The van der Waals surface area contributed by atoms with Gasteiger partial charge in [0.05, 0.1) is 0 Å². The van der Waals surface area contributed by atoms with E-state index in [-0.39, 0.29) is 0 Å². The highest BCUT2D eigenvalue weighted by Gasteiger charge is 2.17. The van der Waals surface area contributed by atoms with Crippen LogP contribution in [0.25, 0.3) is 0 Å². The Balaban J connectivity index is 1.54. The molecule has 3 rings (SSSR count). The summed E-state index contributed by atoms with van der Waals surface area (Å²) in [6.07, 6.45) is 3.38. The normalized spacial score (nSPS) is 10.6. The maximum atomic E-state index is 6.19. The van der Waals surface area contributed by atoms with Gasteiger partial charge in [0.2, 0.25) is 0 Å². The van der Waals surface area contributed by atoms with Crippen LogP contribution >= 0.6 is 0 Å². The van der Waals surface area contributed by atoms with Crippen molar-refractivity contribution in [2.24, 2.45) is 0 Å². The van der Waals surface area contributed by atoms with Gasteiger partial charge in [-0.3, -0.25) is 0 Å². The number of benzene rings is 3. The lowest BCUT2D eigenvalue weighted by molar-refractivity contribution is 0.417. The van der Waals surface area contributed by atoms with Crippen molar-refractivity contribution in [1.29, 1.82) is 0 Å². The third kappa shape index (κ3) is 6.12. The van der Waals surface area contributed by atoms with Crippen LogP contribution in [0.15, 0.2) is 91.0 Å². The molecule has 0 bridgehead atoms. The van der Waals surface area contributed by atoms with Crippen molar-refractivity contribution >= 4 is 9.28 Å². The van der Waals surface area contributed by atoms with Gasteiger partial charge in [0, 0.05) is 6.04 Å². The SMILES string of the molecule is c1ccc(CCCC[SiH](Oc2ccccc2)Oc2ccccc2)cc1. The Bertz CT molecular complexity index is 675. The van der Waals surface area contributed by atoms with E-state index in [9.17, 15) is 0 Å². The second-order valence-corrected chi connectivity index (χ2v) is 7.93. The topological polar surface area (TPSA) is 18.5 Å². The lowest BCUT2D eigenvalue weighted by Crippen LogP contribution is -2.29. The van der Waals surface area contributed by atoms with Gasteiger partial charge in [0.15, 0.2) is 0 Å². The molecule has 0 aliphatic rings. The van der Waals surface area contributed by atoms with Gasteiger partial charge in [0.1, 0.15) is 11.5 Å². The lowest BCUT2D eigenvalue weighted by Gasteiger charge is -2.19. The van der Waals surface area contributed by atoms with Crippen molar-refractivity contribution in [3.05, 3.63) is 96.6 Å². The maximum Gasteiger partial charge on any atom is 0.444 e. The van der Waals surface area contributed by atoms with Crippen LogP contribution in [0, 0.1) is 0 Å². The molecule has 25 heavy (non-hydrogen) atoms. The molecule has 0 atom stereocenters. The molecule has 0 saturated heterocycles. The fourth-order valence-corrected chi connectivity index (χ4v) is 4.56. The van der Waals surface area contributed by atoms with Crippen molar-refractivity contribution in [2.45, 2.75) is 25.3 Å². The van der Waals surface area contributed by atoms with Crippen LogP contribution in [0.3, 0.4) is 0 Å². The number of hydrogen-bond donors (Lipinski definition) is 0. The summed E-state index contributed by atoms with van der Waals surface area (Å²) >= 11 is 0. The van der Waals surface area contributed by atoms with E-state index in [2.05, 4.69) is 30.3 Å². The Morgan fingerprint density at radius 1 is 0.560 bits per heavy atom. The van der Waals surface area contributed by atoms with Gasteiger partial charge in [-0.15, -0.1) is 0 Å². The van der Waals surface area contributed by atoms with E-state index < -0.39 is 9.28 Å². The highest BCUT2D eigenvalue weighted by Crippen LogP contribution is 2.18. The average Bonchev–Trinajstić information content (AvgIpc) is 2.67. The van der Waals surface area contributed by atoms with Crippen LogP contribution in [-0.4, -0.2) is 9.28 Å². The van der Waals surface area contributed by atoms with Crippen LogP contribution in [0.2, 0.25) is 6.04 Å². The molecule has 3 aromatic carbocycles. The Labute approximate surface area is 151 Å². The average molecular weight is 349 g/mol. The molecular weight excluding hydrogens is 324 g/mol. The lowest BCUT2D eigenvalue weighted by atomic mass is 10.1. The number of rotatable bonds is 9. The van der Waals surface area contributed by atoms with Crippen LogP contribution in [0.5, 0.6) is 11.5 Å². The molecule has 3 heteroatoms. The molecule has 0 saturated carbocycles. The summed E-state index contributed by atoms with van der Waals surface area (Å²) in [5.74, 6) is 1.80. The third-order valence-electron chi connectivity index (χ3n) is 4.02. The Morgan fingerprint density at radius 3 is 1.56 bits per heavy atom. The van der Waals surface area contributed by atoms with Gasteiger partial charge < -0.3 is 8.85 Å². The highest BCUT2D eigenvalue weighted by atomic mass is 28.3. The highest BCUT2D eigenvalue weighted by molar-refractivity contribution is 6.46. The zero-order chi connectivity index (χ0) is 17.2. The van der Waals surface area contributed by atoms with Gasteiger partial charge in [-0.2, -0.15) is 0 Å². The van der Waals surface area contributed by atoms with E-state index in [1.807, 2.05) is 60.7 Å². The second kappa shape index (κ2) is 9.70. The molecule has 0 fully saturated rings. The molecule has 0 heterocycles. The third-order valence-corrected chi connectivity index (χ3v) is 5.97. The van der Waals surface area contributed by atoms with Crippen LogP contribution in [-0.2, 0) is 6.42 Å². The Hall–Kier alpha value is -2.52. The first-order valence-corrected chi connectivity index (χ1v) is 10.6. The van der Waals surface area contributed by atoms with Crippen molar-refractivity contribution in [1.82, 2.24) is 0 Å². The van der Waals surface area contributed by atoms with Gasteiger partial charge in [0.25, 0.3) is 0 Å². The molecule has 2 nitrogen and oxygen atoms in total. The van der Waals surface area contributed by atoms with Crippen molar-refractivity contribution in [3.63, 3.8) is 0 Å². The summed E-state index contributed by atoms with van der Waals surface area (Å²) in [5.41, 5.74) is 1.40. The summed E-state index contributed by atoms with van der Waals surface area (Å²) in [4.78, 5) is 0. The predicted octanol–water partition coefficient (Wildman–Crippen LogP) is 5.39. The standard InChI is InChI=1S/C22H24O2Si/c1-4-12-20(13-5-1)14-10-11-19-25(23-21-15-6-2-7-16-21)24-22-17-8-3-9-18-22/h1-9,12-13,15-18,25H,10-11,14,19H2. The molecule has 0 radical (unpaired) electrons. The van der Waals surface area contributed by atoms with Crippen LogP contribution in [0.1, 0.15) is 18.4 Å². The first-order valence-electron chi connectivity index (χ1n) is 8.87. The van der Waals surface area contributed by atoms with E-state index >= 15 is 0 Å². The molecule has 0 aliphatic heterocycles. The van der Waals surface area contributed by atoms with Gasteiger partial charge >= 0.3 is 9.28 Å². The minimum absolute atomic E-state index is 0.901. The van der Waals surface area contributed by atoms with Crippen LogP contribution in [0.4, 0.5) is 0 Å². The van der Waals surface area contributed by atoms with E-state index in [1.54, 1.807) is 0 Å². The van der Waals surface area contributed by atoms with Gasteiger partial charge in [-0.1, -0.05) is 66.7 Å². The van der Waals surface area contributed by atoms with Crippen LogP contribution < -0.4 is 8.85 Å². The zero-order valence-corrected chi connectivity index (χ0v) is 15.5. The molecule has 0 amide bonds. The number of unbranched alkanes of at least 4 members (excludes halogenated alkanes) is 1. The second-order valence-electron chi connectivity index (χ2n) is 6.02. The fourth-order valence-electron chi connectivity index (χ4n) is 2.73. The smallest absolute Gasteiger partial charge is 0.444 e. The fraction of sp³-hybridized carbons (Fsp3) is 0.182. The molecule has 0 unspecified atom stereocenters. The van der Waals surface area contributed by atoms with Crippen molar-refractivity contribution < 1.29 is 8.85 Å². The van der Waals surface area contributed by atoms with E-state index in [0.29, 0.717) is 0 Å². The summed E-state index contributed by atoms with van der Waals surface area (Å²) in [5, 5.41) is 0. The van der Waals surface area contributed by atoms with E-state index in [4.69, 9.17) is 8.85 Å². The van der Waals surface area contributed by atoms with Gasteiger partial charge in [-0.05, 0) is 49.1 Å². The van der Waals surface area contributed by atoms with Crippen molar-refractivity contribution in [2.75, 3.05) is 0 Å². The van der Waals surface area contributed by atoms with E-state index in [0.717, 1.165) is 36.8 Å². The largest absolute Gasteiger partial charge is 0.514 e. The number of para-hydroxylation sites is 2. The quantitative estimate of drug-likeness (QED) is 0.381. The molecule has 3 aromatic rings. The molecule has 0 N–H and O–H groups in total. The number of aryl methyl sites for hydroxylation is 1. The summed E-state index contributed by atoms with van der Waals surface area (Å²) in [6.45, 7) is 0. The molecular formula is C22H24O2Si. The predicted molar refractivity (Wildman–Crippen MR) is 105 cm³/mol. The summed E-state index contributed by atoms with van der Waals surface area (Å²) < 4.78 is 12.4. The maximum absolute atomic E-state index is 6.19.